The van der Waals surface area contributed by atoms with E-state index in [0.717, 1.165) is 31.8 Å². The number of nitrogens with one attached hydrogen (secondary N) is 1. The van der Waals surface area contributed by atoms with Gasteiger partial charge >= 0.3 is 0 Å². The molecule has 2 fully saturated rings. The number of rotatable bonds is 1. The molecule has 0 aromatic heterocycles. The quantitative estimate of drug-likeness (QED) is 0.661. The van der Waals surface area contributed by atoms with Crippen LogP contribution >= 0.6 is 11.8 Å². The van der Waals surface area contributed by atoms with Gasteiger partial charge in [0.05, 0.1) is 5.60 Å². The van der Waals surface area contributed by atoms with Crippen LogP contribution in [0.2, 0.25) is 0 Å². The molecular formula is C8H15NO2S. The molecule has 2 aliphatic rings. The van der Waals surface area contributed by atoms with Crippen LogP contribution in [0, 0.1) is 0 Å². The van der Waals surface area contributed by atoms with Crippen molar-refractivity contribution in [2.24, 2.45) is 0 Å². The lowest BCUT2D eigenvalue weighted by atomic mass is 9.97. The Hall–Kier alpha value is 0.230. The van der Waals surface area contributed by atoms with Crippen LogP contribution in [0.15, 0.2) is 0 Å². The van der Waals surface area contributed by atoms with E-state index in [-0.39, 0.29) is 11.2 Å². The van der Waals surface area contributed by atoms with E-state index >= 15 is 0 Å². The number of thioether (sulfide) groups is 1. The molecule has 1 N–H and O–H groups in total. The maximum absolute atomic E-state index is 5.91. The van der Waals surface area contributed by atoms with Crippen molar-refractivity contribution in [3.63, 3.8) is 0 Å². The van der Waals surface area contributed by atoms with Crippen LogP contribution in [0.1, 0.15) is 12.8 Å². The van der Waals surface area contributed by atoms with E-state index in [0.29, 0.717) is 0 Å². The minimum absolute atomic E-state index is 0.122. The minimum atomic E-state index is 0.122. The predicted molar refractivity (Wildman–Crippen MR) is 49.2 cm³/mol. The Labute approximate surface area is 77.2 Å². The van der Waals surface area contributed by atoms with Gasteiger partial charge in [-0.05, 0) is 7.05 Å². The fourth-order valence-corrected chi connectivity index (χ4v) is 2.92. The Kier molecular flexibility index (Phi) is 2.60. The molecule has 0 aromatic carbocycles. The van der Waals surface area contributed by atoms with Crippen LogP contribution in [0.3, 0.4) is 0 Å². The lowest BCUT2D eigenvalue weighted by Crippen LogP contribution is -2.40. The molecule has 70 valence electrons. The van der Waals surface area contributed by atoms with E-state index in [4.69, 9.17) is 9.47 Å². The van der Waals surface area contributed by atoms with Crippen molar-refractivity contribution in [3.05, 3.63) is 0 Å². The molecule has 0 aromatic rings. The zero-order valence-electron chi connectivity index (χ0n) is 7.34. The second-order valence-corrected chi connectivity index (χ2v) is 4.40. The monoisotopic (exact) mass is 189 g/mol. The summed E-state index contributed by atoms with van der Waals surface area (Å²) in [4.78, 5) is 0. The summed E-state index contributed by atoms with van der Waals surface area (Å²) in [5.41, 5.74) is 0.319. The molecule has 1 atom stereocenters. The SMILES string of the molecule is CN[C@@H]1OC2(CCOCC2)CS1. The van der Waals surface area contributed by atoms with Crippen LogP contribution < -0.4 is 5.32 Å². The van der Waals surface area contributed by atoms with Crippen molar-refractivity contribution >= 4 is 11.8 Å². The van der Waals surface area contributed by atoms with Gasteiger partial charge in [-0.25, -0.2) is 0 Å². The lowest BCUT2D eigenvalue weighted by molar-refractivity contribution is -0.0992. The average molecular weight is 189 g/mol. The molecule has 0 bridgehead atoms. The fraction of sp³-hybridized carbons (Fsp3) is 1.00. The summed E-state index contributed by atoms with van der Waals surface area (Å²) in [6.45, 7) is 1.72. The molecule has 4 heteroatoms. The van der Waals surface area contributed by atoms with Crippen molar-refractivity contribution in [3.8, 4) is 0 Å². The van der Waals surface area contributed by atoms with Crippen molar-refractivity contribution in [2.45, 2.75) is 24.0 Å². The normalized spacial score (nSPS) is 34.2. The van der Waals surface area contributed by atoms with Crippen LogP contribution in [-0.4, -0.2) is 37.2 Å². The van der Waals surface area contributed by atoms with Gasteiger partial charge in [-0.2, -0.15) is 0 Å². The zero-order chi connectivity index (χ0) is 8.44. The average Bonchev–Trinajstić information content (AvgIpc) is 2.50. The molecule has 0 radical (unpaired) electrons. The van der Waals surface area contributed by atoms with Gasteiger partial charge in [-0.1, -0.05) is 0 Å². The summed E-state index contributed by atoms with van der Waals surface area (Å²) in [6.07, 6.45) is 2.11. The molecule has 0 amide bonds. The number of hydrogen-bond donors (Lipinski definition) is 1. The van der Waals surface area contributed by atoms with Crippen molar-refractivity contribution in [1.29, 1.82) is 0 Å². The van der Waals surface area contributed by atoms with E-state index in [9.17, 15) is 0 Å². The summed E-state index contributed by atoms with van der Waals surface area (Å²) in [6, 6.07) is 0. The molecule has 12 heavy (non-hydrogen) atoms. The van der Waals surface area contributed by atoms with Gasteiger partial charge in [0, 0.05) is 31.8 Å². The third-order valence-electron chi connectivity index (χ3n) is 2.49. The predicted octanol–water partition coefficient (Wildman–Crippen LogP) is 0.802. The highest BCUT2D eigenvalue weighted by Gasteiger charge is 2.41. The molecule has 1 spiro atoms. The first-order valence-electron chi connectivity index (χ1n) is 4.39. The van der Waals surface area contributed by atoms with E-state index in [1.165, 1.54) is 0 Å². The summed E-state index contributed by atoms with van der Waals surface area (Å²) in [5.74, 6) is 1.11. The van der Waals surface area contributed by atoms with Gasteiger partial charge in [0.2, 0.25) is 0 Å². The maximum atomic E-state index is 5.91. The Morgan fingerprint density at radius 2 is 2.17 bits per heavy atom. The third kappa shape index (κ3) is 1.62. The molecule has 2 saturated heterocycles. The highest BCUT2D eigenvalue weighted by atomic mass is 32.2. The first-order valence-corrected chi connectivity index (χ1v) is 5.44. The van der Waals surface area contributed by atoms with Crippen molar-refractivity contribution in [1.82, 2.24) is 5.32 Å². The number of ether oxygens (including phenoxy) is 2. The van der Waals surface area contributed by atoms with Crippen LogP contribution in [0.5, 0.6) is 0 Å². The van der Waals surface area contributed by atoms with Gasteiger partial charge in [0.25, 0.3) is 0 Å². The molecule has 2 heterocycles. The first-order chi connectivity index (χ1) is 5.85. The topological polar surface area (TPSA) is 30.5 Å². The van der Waals surface area contributed by atoms with Crippen LogP contribution in [-0.2, 0) is 9.47 Å². The van der Waals surface area contributed by atoms with Gasteiger partial charge in [0.1, 0.15) is 0 Å². The van der Waals surface area contributed by atoms with Crippen molar-refractivity contribution in [2.75, 3.05) is 26.0 Å². The molecule has 2 aliphatic heterocycles. The van der Waals surface area contributed by atoms with E-state index < -0.39 is 0 Å². The van der Waals surface area contributed by atoms with Crippen LogP contribution in [0.4, 0.5) is 0 Å². The lowest BCUT2D eigenvalue weighted by Gasteiger charge is -2.32. The Morgan fingerprint density at radius 1 is 1.42 bits per heavy atom. The van der Waals surface area contributed by atoms with Gasteiger partial charge in [-0.3, -0.25) is 5.32 Å². The molecule has 2 rings (SSSR count). The summed E-state index contributed by atoms with van der Waals surface area (Å²) >= 11 is 1.86. The van der Waals surface area contributed by atoms with Gasteiger partial charge in [-0.15, -0.1) is 11.8 Å². The second-order valence-electron chi connectivity index (χ2n) is 3.34. The summed E-state index contributed by atoms with van der Waals surface area (Å²) < 4.78 is 11.2. The van der Waals surface area contributed by atoms with E-state index in [2.05, 4.69) is 5.32 Å². The highest BCUT2D eigenvalue weighted by Crippen LogP contribution is 2.38. The van der Waals surface area contributed by atoms with Gasteiger partial charge in [0.15, 0.2) is 5.56 Å². The first kappa shape index (κ1) is 8.81. The van der Waals surface area contributed by atoms with Crippen LogP contribution in [0.25, 0.3) is 0 Å². The third-order valence-corrected chi connectivity index (χ3v) is 3.82. The summed E-state index contributed by atoms with van der Waals surface area (Å²) in [7, 11) is 1.94. The molecule has 0 saturated carbocycles. The Bertz CT molecular complexity index is 159. The summed E-state index contributed by atoms with van der Waals surface area (Å²) in [5, 5.41) is 3.14. The molecule has 0 aliphatic carbocycles. The van der Waals surface area contributed by atoms with E-state index in [1.54, 1.807) is 0 Å². The maximum Gasteiger partial charge on any atom is 0.156 e. The van der Waals surface area contributed by atoms with Crippen molar-refractivity contribution < 1.29 is 9.47 Å². The second kappa shape index (κ2) is 3.54. The minimum Gasteiger partial charge on any atom is -0.381 e. The zero-order valence-corrected chi connectivity index (χ0v) is 8.15. The standard InChI is InChI=1S/C8H15NO2S/c1-9-7-11-8(6-12-7)2-4-10-5-3-8/h7,9H,2-6H2,1H3/t7-/m1/s1. The molecule has 3 nitrogen and oxygen atoms in total. The van der Waals surface area contributed by atoms with E-state index in [1.807, 2.05) is 18.8 Å². The molecule has 0 unspecified atom stereocenters. The fourth-order valence-electron chi connectivity index (χ4n) is 1.67. The Morgan fingerprint density at radius 3 is 2.75 bits per heavy atom. The molecular weight excluding hydrogens is 174 g/mol. The highest BCUT2D eigenvalue weighted by molar-refractivity contribution is 8.00. The van der Waals surface area contributed by atoms with Gasteiger partial charge < -0.3 is 9.47 Å². The smallest absolute Gasteiger partial charge is 0.156 e. The Balaban J connectivity index is 1.94. The number of hydrogen-bond acceptors (Lipinski definition) is 4. The largest absolute Gasteiger partial charge is 0.381 e.